The van der Waals surface area contributed by atoms with Gasteiger partial charge in [0.05, 0.1) is 6.54 Å². The fourth-order valence-electron chi connectivity index (χ4n) is 3.21. The minimum absolute atomic E-state index is 0.0210. The summed E-state index contributed by atoms with van der Waals surface area (Å²) in [4.78, 5) is 28.8. The zero-order valence-electron chi connectivity index (χ0n) is 15.7. The van der Waals surface area contributed by atoms with Crippen LogP contribution in [0, 0.1) is 13.8 Å². The molecule has 1 aliphatic rings. The number of carbonyl (C=O) groups is 2. The first kappa shape index (κ1) is 19.2. The van der Waals surface area contributed by atoms with Gasteiger partial charge < -0.3 is 15.1 Å². The van der Waals surface area contributed by atoms with Crippen molar-refractivity contribution in [2.45, 2.75) is 13.8 Å². The quantitative estimate of drug-likeness (QED) is 0.880. The van der Waals surface area contributed by atoms with E-state index in [-0.39, 0.29) is 18.4 Å². The number of benzene rings is 2. The lowest BCUT2D eigenvalue weighted by molar-refractivity contribution is -0.130. The summed E-state index contributed by atoms with van der Waals surface area (Å²) in [6, 6.07) is 13.5. The number of hydrogen-bond acceptors (Lipinski definition) is 3. The molecule has 2 amide bonds. The van der Waals surface area contributed by atoms with Crippen molar-refractivity contribution in [1.82, 2.24) is 10.2 Å². The second-order valence-electron chi connectivity index (χ2n) is 6.85. The first-order valence-corrected chi connectivity index (χ1v) is 9.45. The third-order valence-electron chi connectivity index (χ3n) is 4.86. The second-order valence-corrected chi connectivity index (χ2v) is 7.28. The number of piperazine rings is 1. The summed E-state index contributed by atoms with van der Waals surface area (Å²) in [6.07, 6.45) is 0. The summed E-state index contributed by atoms with van der Waals surface area (Å²) in [6.45, 7) is 6.67. The maximum atomic E-state index is 12.4. The maximum absolute atomic E-state index is 12.4. The Morgan fingerprint density at radius 3 is 2.33 bits per heavy atom. The van der Waals surface area contributed by atoms with Gasteiger partial charge in [0.15, 0.2) is 0 Å². The van der Waals surface area contributed by atoms with Crippen LogP contribution in [0.3, 0.4) is 0 Å². The SMILES string of the molecule is Cc1ccc(C)c(C(=O)NCC(=O)N2CCN(c3ccc(Cl)cc3)CC2)c1. The van der Waals surface area contributed by atoms with Gasteiger partial charge in [-0.2, -0.15) is 0 Å². The topological polar surface area (TPSA) is 52.7 Å². The van der Waals surface area contributed by atoms with Gasteiger partial charge in [-0.3, -0.25) is 9.59 Å². The number of carbonyl (C=O) groups excluding carboxylic acids is 2. The van der Waals surface area contributed by atoms with Crippen LogP contribution < -0.4 is 10.2 Å². The van der Waals surface area contributed by atoms with Crippen LogP contribution in [0.4, 0.5) is 5.69 Å². The molecule has 1 heterocycles. The first-order valence-electron chi connectivity index (χ1n) is 9.08. The molecule has 6 heteroatoms. The predicted octanol–water partition coefficient (Wildman–Crippen LogP) is 3.04. The molecule has 0 spiro atoms. The normalized spacial score (nSPS) is 14.2. The van der Waals surface area contributed by atoms with E-state index < -0.39 is 0 Å². The van der Waals surface area contributed by atoms with Gasteiger partial charge >= 0.3 is 0 Å². The molecule has 0 aliphatic carbocycles. The number of aryl methyl sites for hydroxylation is 2. The van der Waals surface area contributed by atoms with Gasteiger partial charge in [0.2, 0.25) is 5.91 Å². The molecule has 0 saturated carbocycles. The van der Waals surface area contributed by atoms with E-state index in [9.17, 15) is 9.59 Å². The molecule has 0 atom stereocenters. The third kappa shape index (κ3) is 4.80. The minimum atomic E-state index is -0.204. The Labute approximate surface area is 164 Å². The van der Waals surface area contributed by atoms with Crippen molar-refractivity contribution < 1.29 is 9.59 Å². The molecule has 142 valence electrons. The van der Waals surface area contributed by atoms with Gasteiger partial charge in [0.25, 0.3) is 5.91 Å². The van der Waals surface area contributed by atoms with Crippen LogP contribution in [0.2, 0.25) is 5.02 Å². The molecular formula is C21H24ClN3O2. The average Bonchev–Trinajstić information content (AvgIpc) is 2.68. The second kappa shape index (κ2) is 8.44. The lowest BCUT2D eigenvalue weighted by Gasteiger charge is -2.36. The first-order chi connectivity index (χ1) is 12.9. The van der Waals surface area contributed by atoms with Crippen molar-refractivity contribution in [3.8, 4) is 0 Å². The molecule has 1 fully saturated rings. The minimum Gasteiger partial charge on any atom is -0.368 e. The fourth-order valence-corrected chi connectivity index (χ4v) is 3.34. The van der Waals surface area contributed by atoms with Crippen molar-refractivity contribution >= 4 is 29.1 Å². The third-order valence-corrected chi connectivity index (χ3v) is 5.11. The van der Waals surface area contributed by atoms with E-state index in [1.54, 1.807) is 4.90 Å². The van der Waals surface area contributed by atoms with E-state index in [1.807, 2.05) is 56.3 Å². The van der Waals surface area contributed by atoms with Crippen molar-refractivity contribution in [3.05, 3.63) is 64.2 Å². The largest absolute Gasteiger partial charge is 0.368 e. The summed E-state index contributed by atoms with van der Waals surface area (Å²) in [7, 11) is 0. The smallest absolute Gasteiger partial charge is 0.251 e. The van der Waals surface area contributed by atoms with Crippen LogP contribution in [-0.4, -0.2) is 49.4 Å². The molecule has 1 N–H and O–H groups in total. The van der Waals surface area contributed by atoms with E-state index in [0.717, 1.165) is 29.9 Å². The van der Waals surface area contributed by atoms with Gasteiger partial charge in [-0.1, -0.05) is 29.3 Å². The Hall–Kier alpha value is -2.53. The number of anilines is 1. The molecule has 0 aromatic heterocycles. The number of halogens is 1. The van der Waals surface area contributed by atoms with Crippen molar-refractivity contribution in [2.24, 2.45) is 0 Å². The molecule has 0 bridgehead atoms. The van der Waals surface area contributed by atoms with E-state index in [2.05, 4.69) is 10.2 Å². The van der Waals surface area contributed by atoms with E-state index in [4.69, 9.17) is 11.6 Å². The number of rotatable bonds is 4. The summed E-state index contributed by atoms with van der Waals surface area (Å²) >= 11 is 5.93. The van der Waals surface area contributed by atoms with E-state index >= 15 is 0 Å². The van der Waals surface area contributed by atoms with Crippen molar-refractivity contribution in [1.29, 1.82) is 0 Å². The molecule has 3 rings (SSSR count). The van der Waals surface area contributed by atoms with Gasteiger partial charge in [0.1, 0.15) is 0 Å². The standard InChI is InChI=1S/C21H24ClN3O2/c1-15-3-4-16(2)19(13-15)21(27)23-14-20(26)25-11-9-24(10-12-25)18-7-5-17(22)6-8-18/h3-8,13H,9-12,14H2,1-2H3,(H,23,27). The maximum Gasteiger partial charge on any atom is 0.251 e. The average molecular weight is 386 g/mol. The van der Waals surface area contributed by atoms with Crippen LogP contribution in [0.1, 0.15) is 21.5 Å². The van der Waals surface area contributed by atoms with Gasteiger partial charge in [-0.25, -0.2) is 0 Å². The fraction of sp³-hybridized carbons (Fsp3) is 0.333. The number of nitrogens with zero attached hydrogens (tertiary/aromatic N) is 2. The summed E-state index contributed by atoms with van der Waals surface area (Å²) < 4.78 is 0. The highest BCUT2D eigenvalue weighted by Crippen LogP contribution is 2.19. The molecule has 2 aromatic carbocycles. The Morgan fingerprint density at radius 2 is 1.67 bits per heavy atom. The van der Waals surface area contributed by atoms with Crippen LogP contribution in [0.5, 0.6) is 0 Å². The van der Waals surface area contributed by atoms with E-state index in [1.165, 1.54) is 0 Å². The number of nitrogens with one attached hydrogen (secondary N) is 1. The highest BCUT2D eigenvalue weighted by molar-refractivity contribution is 6.30. The van der Waals surface area contributed by atoms with Crippen LogP contribution in [-0.2, 0) is 4.79 Å². The molecule has 0 radical (unpaired) electrons. The molecule has 2 aromatic rings. The Kier molecular flexibility index (Phi) is 6.01. The Bertz CT molecular complexity index is 828. The van der Waals surface area contributed by atoms with Crippen LogP contribution in [0.25, 0.3) is 0 Å². The van der Waals surface area contributed by atoms with Gasteiger partial charge in [-0.15, -0.1) is 0 Å². The highest BCUT2D eigenvalue weighted by atomic mass is 35.5. The van der Waals surface area contributed by atoms with Crippen LogP contribution in [0.15, 0.2) is 42.5 Å². The van der Waals surface area contributed by atoms with Crippen molar-refractivity contribution in [3.63, 3.8) is 0 Å². The summed E-state index contributed by atoms with van der Waals surface area (Å²) in [5.74, 6) is -0.256. The lowest BCUT2D eigenvalue weighted by Crippen LogP contribution is -2.51. The zero-order valence-corrected chi connectivity index (χ0v) is 16.4. The van der Waals surface area contributed by atoms with E-state index in [0.29, 0.717) is 23.7 Å². The monoisotopic (exact) mass is 385 g/mol. The molecule has 27 heavy (non-hydrogen) atoms. The lowest BCUT2D eigenvalue weighted by atomic mass is 10.1. The summed E-state index contributed by atoms with van der Waals surface area (Å²) in [5, 5.41) is 3.47. The molecular weight excluding hydrogens is 362 g/mol. The molecule has 5 nitrogen and oxygen atoms in total. The predicted molar refractivity (Wildman–Crippen MR) is 108 cm³/mol. The number of hydrogen-bond donors (Lipinski definition) is 1. The highest BCUT2D eigenvalue weighted by Gasteiger charge is 2.22. The molecule has 1 aliphatic heterocycles. The zero-order chi connectivity index (χ0) is 19.4. The molecule has 0 unspecified atom stereocenters. The van der Waals surface area contributed by atoms with Crippen LogP contribution >= 0.6 is 11.6 Å². The van der Waals surface area contributed by atoms with Crippen molar-refractivity contribution in [2.75, 3.05) is 37.6 Å². The Balaban J connectivity index is 1.50. The molecule has 1 saturated heterocycles. The van der Waals surface area contributed by atoms with Gasteiger partial charge in [-0.05, 0) is 49.7 Å². The summed E-state index contributed by atoms with van der Waals surface area (Å²) in [5.41, 5.74) is 3.66. The Morgan fingerprint density at radius 1 is 1.00 bits per heavy atom. The van der Waals surface area contributed by atoms with Gasteiger partial charge in [0, 0.05) is 42.5 Å². The number of amides is 2.